The molecule has 2 heterocycles. The van der Waals surface area contributed by atoms with Crippen LogP contribution in [0.5, 0.6) is 0 Å². The van der Waals surface area contributed by atoms with E-state index in [2.05, 4.69) is 5.32 Å². The van der Waals surface area contributed by atoms with Crippen molar-refractivity contribution in [3.63, 3.8) is 0 Å². The summed E-state index contributed by atoms with van der Waals surface area (Å²) < 4.78 is 29.5. The standard InChI is InChI=1S/C26H31F2N5O3/c1-25(27,28)23-6-4-5-21(33(23)36)24(34)29-20-13-16-15-32(30-19(16)14-22(20)31(2)3)18-9-11-26(35,12-10-18)17-7-8-17/h4-6,13-15,17-18,35H,7-12H2,1-3H3,(H,29,34). The number of halogens is 2. The molecule has 2 fully saturated rings. The fraction of sp³-hybridized carbons (Fsp3) is 0.500. The van der Waals surface area contributed by atoms with Crippen molar-refractivity contribution in [1.29, 1.82) is 0 Å². The predicted molar refractivity (Wildman–Crippen MR) is 132 cm³/mol. The van der Waals surface area contributed by atoms with Gasteiger partial charge in [-0.3, -0.25) is 9.48 Å². The second-order valence-corrected chi connectivity index (χ2v) is 10.5. The first-order valence-electron chi connectivity index (χ1n) is 12.3. The Morgan fingerprint density at radius 2 is 1.94 bits per heavy atom. The van der Waals surface area contributed by atoms with Crippen molar-refractivity contribution in [2.24, 2.45) is 5.92 Å². The minimum Gasteiger partial charge on any atom is -0.618 e. The summed E-state index contributed by atoms with van der Waals surface area (Å²) in [6.45, 7) is 0.618. The summed E-state index contributed by atoms with van der Waals surface area (Å²) >= 11 is 0. The molecule has 0 bridgehead atoms. The first kappa shape index (κ1) is 24.4. The quantitative estimate of drug-likeness (QED) is 0.388. The number of aromatic nitrogens is 3. The summed E-state index contributed by atoms with van der Waals surface area (Å²) in [6, 6.07) is 7.32. The number of nitrogens with zero attached hydrogens (tertiary/aromatic N) is 4. The van der Waals surface area contributed by atoms with Crippen molar-refractivity contribution < 1.29 is 23.4 Å². The summed E-state index contributed by atoms with van der Waals surface area (Å²) in [6.07, 6.45) is 7.42. The third kappa shape index (κ3) is 4.50. The molecule has 2 N–H and O–H groups in total. The van der Waals surface area contributed by atoms with Crippen molar-refractivity contribution in [3.8, 4) is 0 Å². The summed E-state index contributed by atoms with van der Waals surface area (Å²) in [5.41, 5.74) is 0.127. The summed E-state index contributed by atoms with van der Waals surface area (Å²) in [4.78, 5) is 14.8. The van der Waals surface area contributed by atoms with E-state index in [-0.39, 0.29) is 10.8 Å². The van der Waals surface area contributed by atoms with E-state index in [0.717, 1.165) is 55.5 Å². The largest absolute Gasteiger partial charge is 0.618 e. The lowest BCUT2D eigenvalue weighted by atomic mass is 9.79. The Morgan fingerprint density at radius 1 is 1.25 bits per heavy atom. The number of hydrogen-bond donors (Lipinski definition) is 2. The molecule has 2 aromatic heterocycles. The van der Waals surface area contributed by atoms with Gasteiger partial charge >= 0.3 is 11.8 Å². The maximum atomic E-state index is 13.8. The van der Waals surface area contributed by atoms with Gasteiger partial charge < -0.3 is 20.5 Å². The highest BCUT2D eigenvalue weighted by Gasteiger charge is 2.46. The van der Waals surface area contributed by atoms with Gasteiger partial charge in [0.15, 0.2) is 0 Å². The molecule has 0 saturated heterocycles. The molecule has 3 aromatic rings. The van der Waals surface area contributed by atoms with E-state index < -0.39 is 28.8 Å². The van der Waals surface area contributed by atoms with Gasteiger partial charge in [0.1, 0.15) is 0 Å². The zero-order valence-electron chi connectivity index (χ0n) is 20.7. The van der Waals surface area contributed by atoms with Crippen LogP contribution in [0.15, 0.2) is 36.5 Å². The molecule has 0 unspecified atom stereocenters. The van der Waals surface area contributed by atoms with Gasteiger partial charge in [-0.1, -0.05) is 0 Å². The normalized spacial score (nSPS) is 22.6. The Bertz CT molecular complexity index is 1300. The Balaban J connectivity index is 1.42. The number of carbonyl (C=O) groups excluding carboxylic acids is 1. The molecule has 0 radical (unpaired) electrons. The van der Waals surface area contributed by atoms with Crippen LogP contribution in [0.25, 0.3) is 10.9 Å². The minimum absolute atomic E-state index is 0.0207. The van der Waals surface area contributed by atoms with E-state index in [1.165, 1.54) is 12.1 Å². The molecule has 1 aromatic carbocycles. The maximum Gasteiger partial charge on any atom is 0.328 e. The van der Waals surface area contributed by atoms with Gasteiger partial charge in [0.25, 0.3) is 11.4 Å². The molecule has 0 spiro atoms. The molecular weight excluding hydrogens is 468 g/mol. The zero-order chi connectivity index (χ0) is 25.8. The molecule has 36 heavy (non-hydrogen) atoms. The van der Waals surface area contributed by atoms with Gasteiger partial charge in [0.2, 0.25) is 0 Å². The van der Waals surface area contributed by atoms with E-state index in [1.54, 1.807) is 6.07 Å². The lowest BCUT2D eigenvalue weighted by Crippen LogP contribution is -2.44. The molecule has 8 nitrogen and oxygen atoms in total. The first-order valence-corrected chi connectivity index (χ1v) is 12.3. The second-order valence-electron chi connectivity index (χ2n) is 10.5. The highest BCUT2D eigenvalue weighted by molar-refractivity contribution is 6.05. The van der Waals surface area contributed by atoms with Crippen LogP contribution in [0.4, 0.5) is 20.2 Å². The number of pyridine rings is 1. The summed E-state index contributed by atoms with van der Waals surface area (Å²) in [5.74, 6) is -3.72. The number of hydrogen-bond acceptors (Lipinski definition) is 5. The number of nitrogens with one attached hydrogen (secondary N) is 1. The number of amides is 1. The highest BCUT2D eigenvalue weighted by Crippen LogP contribution is 2.49. The average Bonchev–Trinajstić information content (AvgIpc) is 3.59. The third-order valence-corrected chi connectivity index (χ3v) is 7.53. The van der Waals surface area contributed by atoms with Gasteiger partial charge in [-0.15, -0.1) is 0 Å². The van der Waals surface area contributed by atoms with Crippen LogP contribution in [0.3, 0.4) is 0 Å². The molecule has 192 valence electrons. The summed E-state index contributed by atoms with van der Waals surface area (Å²) in [7, 11) is 3.64. The van der Waals surface area contributed by atoms with E-state index in [1.807, 2.05) is 35.9 Å². The number of benzene rings is 1. The Hall–Kier alpha value is -3.27. The van der Waals surface area contributed by atoms with Gasteiger partial charge in [0, 0.05) is 44.7 Å². The van der Waals surface area contributed by atoms with Crippen LogP contribution >= 0.6 is 0 Å². The monoisotopic (exact) mass is 499 g/mol. The Labute approximate surface area is 208 Å². The van der Waals surface area contributed by atoms with Crippen LogP contribution < -0.4 is 14.9 Å². The smallest absolute Gasteiger partial charge is 0.328 e. The van der Waals surface area contributed by atoms with Crippen molar-refractivity contribution in [1.82, 2.24) is 9.78 Å². The fourth-order valence-electron chi connectivity index (χ4n) is 5.31. The number of carbonyl (C=O) groups is 1. The van der Waals surface area contributed by atoms with Crippen LogP contribution in [-0.2, 0) is 5.92 Å². The molecule has 0 atom stereocenters. The molecule has 2 aliphatic carbocycles. The van der Waals surface area contributed by atoms with Gasteiger partial charge in [-0.05, 0) is 62.6 Å². The minimum atomic E-state index is -3.38. The maximum absolute atomic E-state index is 13.8. The number of aliphatic hydroxyl groups is 1. The van der Waals surface area contributed by atoms with Crippen molar-refractivity contribution >= 4 is 28.2 Å². The SMILES string of the molecule is CN(C)c1cc2nn(C3CCC(O)(C4CC4)CC3)cc2cc1NC(=O)c1cccc(C(C)(F)F)[n+]1[O-]. The predicted octanol–water partition coefficient (Wildman–Crippen LogP) is 4.36. The fourth-order valence-corrected chi connectivity index (χ4v) is 5.31. The highest BCUT2D eigenvalue weighted by atomic mass is 19.3. The number of fused-ring (bicyclic) bond motifs is 1. The molecule has 0 aliphatic heterocycles. The van der Waals surface area contributed by atoms with Gasteiger partial charge in [0.05, 0.1) is 28.5 Å². The first-order chi connectivity index (χ1) is 17.0. The average molecular weight is 500 g/mol. The topological polar surface area (TPSA) is 97.3 Å². The van der Waals surface area contributed by atoms with Crippen LogP contribution in [0.1, 0.15) is 67.7 Å². The van der Waals surface area contributed by atoms with Crippen LogP contribution in [-0.4, -0.2) is 40.5 Å². The third-order valence-electron chi connectivity index (χ3n) is 7.53. The molecule has 2 aliphatic rings. The number of rotatable bonds is 6. The van der Waals surface area contributed by atoms with E-state index in [0.29, 0.717) is 24.2 Å². The molecule has 2 saturated carbocycles. The van der Waals surface area contributed by atoms with Crippen molar-refractivity contribution in [2.45, 2.75) is 63.0 Å². The lowest BCUT2D eigenvalue weighted by molar-refractivity contribution is -0.626. The molecule has 10 heteroatoms. The summed E-state index contributed by atoms with van der Waals surface area (Å²) in [5, 5.41) is 31.7. The van der Waals surface area contributed by atoms with Crippen LogP contribution in [0, 0.1) is 11.1 Å². The zero-order valence-corrected chi connectivity index (χ0v) is 20.7. The van der Waals surface area contributed by atoms with Crippen LogP contribution in [0.2, 0.25) is 0 Å². The van der Waals surface area contributed by atoms with E-state index in [4.69, 9.17) is 5.10 Å². The van der Waals surface area contributed by atoms with Gasteiger partial charge in [-0.25, -0.2) is 0 Å². The molecule has 5 rings (SSSR count). The molecule has 1 amide bonds. The Morgan fingerprint density at radius 3 is 2.56 bits per heavy atom. The number of anilines is 2. The number of alkyl halides is 2. The second kappa shape index (κ2) is 8.69. The van der Waals surface area contributed by atoms with Gasteiger partial charge in [-0.2, -0.15) is 18.6 Å². The van der Waals surface area contributed by atoms with E-state index >= 15 is 0 Å². The Kier molecular flexibility index (Phi) is 5.89. The van der Waals surface area contributed by atoms with E-state index in [9.17, 15) is 23.9 Å². The lowest BCUT2D eigenvalue weighted by Gasteiger charge is -2.36. The van der Waals surface area contributed by atoms with Crippen molar-refractivity contribution in [2.75, 3.05) is 24.3 Å². The van der Waals surface area contributed by atoms with Crippen molar-refractivity contribution in [3.05, 3.63) is 53.1 Å². The molecular formula is C26H31F2N5O3.